The van der Waals surface area contributed by atoms with Crippen LogP contribution in [-0.4, -0.2) is 12.1 Å². The topological polar surface area (TPSA) is 65.6 Å². The predicted molar refractivity (Wildman–Crippen MR) is 73.1 cm³/mol. The maximum atomic E-state index is 7.46. The first kappa shape index (κ1) is 13.6. The quantitative estimate of drug-likeness (QED) is 0.674. The Bertz CT molecular complexity index is 603. The maximum Gasteiger partial charge on any atom is 1.00 e. The zero-order chi connectivity index (χ0) is 12.5. The number of anilines is 1. The molecule has 0 amide bonds. The Morgan fingerprint density at radius 1 is 1.37 bits per heavy atom. The first-order valence-corrected chi connectivity index (χ1v) is 5.62. The van der Waals surface area contributed by atoms with Gasteiger partial charge in [0.25, 0.3) is 0 Å². The molecule has 0 saturated carbocycles. The molecule has 2 heterocycles. The van der Waals surface area contributed by atoms with Crippen LogP contribution >= 0.6 is 0 Å². The van der Waals surface area contributed by atoms with Crippen LogP contribution in [0.2, 0.25) is 0 Å². The molecule has 0 unspecified atom stereocenters. The Hall–Kier alpha value is -1.80. The Morgan fingerprint density at radius 2 is 2.16 bits per heavy atom. The number of dihydropyridines is 1. The number of nitrogens with zero attached hydrogens (tertiary/aromatic N) is 3. The van der Waals surface area contributed by atoms with Gasteiger partial charge in [-0.05, 0) is 24.6 Å². The SMILES string of the molecule is CC1=CC(=N)N=CC1=CN1N[N-]c2ccccc21.[Li+]. The third-order valence-electron chi connectivity index (χ3n) is 2.84. The molecule has 0 bridgehead atoms. The van der Waals surface area contributed by atoms with Gasteiger partial charge in [0.2, 0.25) is 0 Å². The minimum atomic E-state index is 0. The van der Waals surface area contributed by atoms with Crippen LogP contribution < -0.4 is 29.4 Å². The molecule has 2 aliphatic heterocycles. The van der Waals surface area contributed by atoms with Crippen molar-refractivity contribution >= 4 is 23.4 Å². The summed E-state index contributed by atoms with van der Waals surface area (Å²) in [5, 5.41) is 9.31. The van der Waals surface area contributed by atoms with E-state index in [1.54, 1.807) is 12.3 Å². The van der Waals surface area contributed by atoms with Crippen LogP contribution in [0.1, 0.15) is 6.92 Å². The second kappa shape index (κ2) is 5.45. The molecular formula is C13H12LiN5. The molecule has 0 saturated heterocycles. The first-order chi connectivity index (χ1) is 8.74. The van der Waals surface area contributed by atoms with Crippen LogP contribution in [-0.2, 0) is 0 Å². The number of nitrogens with one attached hydrogen (secondary N) is 2. The Labute approximate surface area is 123 Å². The van der Waals surface area contributed by atoms with Crippen molar-refractivity contribution in [2.75, 3.05) is 5.01 Å². The zero-order valence-electron chi connectivity index (χ0n) is 10.9. The molecule has 2 aliphatic rings. The Morgan fingerprint density at radius 3 is 2.95 bits per heavy atom. The number of aliphatic imine (C=N–C) groups is 1. The smallest absolute Gasteiger partial charge is 0.602 e. The van der Waals surface area contributed by atoms with Gasteiger partial charge in [-0.15, -0.1) is 5.69 Å². The summed E-state index contributed by atoms with van der Waals surface area (Å²) >= 11 is 0. The summed E-state index contributed by atoms with van der Waals surface area (Å²) < 4.78 is 0. The molecule has 1 aromatic carbocycles. The minimum Gasteiger partial charge on any atom is -0.602 e. The van der Waals surface area contributed by atoms with Crippen LogP contribution in [0.4, 0.5) is 11.4 Å². The van der Waals surface area contributed by atoms with E-state index in [9.17, 15) is 0 Å². The van der Waals surface area contributed by atoms with E-state index in [-0.39, 0.29) is 24.7 Å². The molecule has 90 valence electrons. The van der Waals surface area contributed by atoms with Crippen molar-refractivity contribution < 1.29 is 18.9 Å². The number of fused-ring (bicyclic) bond motifs is 1. The summed E-state index contributed by atoms with van der Waals surface area (Å²) in [4.78, 5) is 3.99. The molecule has 0 aliphatic carbocycles. The van der Waals surface area contributed by atoms with Gasteiger partial charge < -0.3 is 11.0 Å². The Kier molecular flexibility index (Phi) is 3.91. The van der Waals surface area contributed by atoms with Crippen molar-refractivity contribution in [3.8, 4) is 0 Å². The fourth-order valence-corrected chi connectivity index (χ4v) is 1.86. The summed E-state index contributed by atoms with van der Waals surface area (Å²) in [7, 11) is 0. The van der Waals surface area contributed by atoms with Crippen LogP contribution in [0, 0.1) is 5.41 Å². The van der Waals surface area contributed by atoms with Crippen LogP contribution in [0.5, 0.6) is 0 Å². The molecule has 1 aromatic rings. The Balaban J connectivity index is 0.00000133. The van der Waals surface area contributed by atoms with E-state index >= 15 is 0 Å². The number of allylic oxidation sites excluding steroid dienone is 2. The van der Waals surface area contributed by atoms with Crippen molar-refractivity contribution in [2.45, 2.75) is 6.92 Å². The van der Waals surface area contributed by atoms with Gasteiger partial charge in [-0.3, -0.25) is 10.4 Å². The third-order valence-corrected chi connectivity index (χ3v) is 2.84. The van der Waals surface area contributed by atoms with Crippen LogP contribution in [0.25, 0.3) is 5.43 Å². The molecule has 3 rings (SSSR count). The summed E-state index contributed by atoms with van der Waals surface area (Å²) in [6.45, 7) is 1.96. The average molecular weight is 245 g/mol. The summed E-state index contributed by atoms with van der Waals surface area (Å²) in [5.74, 6) is 0.282. The molecule has 19 heavy (non-hydrogen) atoms. The van der Waals surface area contributed by atoms with E-state index in [1.807, 2.05) is 42.4 Å². The molecule has 6 heteroatoms. The van der Waals surface area contributed by atoms with Crippen molar-refractivity contribution in [3.63, 3.8) is 0 Å². The minimum absolute atomic E-state index is 0. The summed E-state index contributed by atoms with van der Waals surface area (Å²) in [6, 6.07) is 7.88. The van der Waals surface area contributed by atoms with Gasteiger partial charge in [0.1, 0.15) is 5.84 Å². The summed E-state index contributed by atoms with van der Waals surface area (Å²) in [5.41, 5.74) is 11.0. The molecule has 0 radical (unpaired) electrons. The number of benzene rings is 1. The standard InChI is InChI=1S/C13H12N5.Li/c1-9-6-13(14)15-7-10(9)8-18-12-5-3-2-4-11(12)16-17-18;/h2-8,14,17H,1H3;/q-1;+1. The fraction of sp³-hybridized carbons (Fsp3) is 0.0769. The van der Waals surface area contributed by atoms with E-state index in [2.05, 4.69) is 16.0 Å². The number of para-hydroxylation sites is 2. The van der Waals surface area contributed by atoms with Crippen molar-refractivity contribution in [1.82, 2.24) is 5.53 Å². The molecule has 5 nitrogen and oxygen atoms in total. The molecule has 2 N–H and O–H groups in total. The number of hydrazine groups is 1. The third kappa shape index (κ3) is 2.64. The number of hydrogen-bond donors (Lipinski definition) is 2. The first-order valence-electron chi connectivity index (χ1n) is 5.62. The van der Waals surface area contributed by atoms with Gasteiger partial charge >= 0.3 is 18.9 Å². The van der Waals surface area contributed by atoms with E-state index in [1.165, 1.54) is 0 Å². The van der Waals surface area contributed by atoms with Crippen LogP contribution in [0.3, 0.4) is 0 Å². The number of hydrogen-bond acceptors (Lipinski definition) is 3. The van der Waals surface area contributed by atoms with E-state index in [0.29, 0.717) is 0 Å². The fourth-order valence-electron chi connectivity index (χ4n) is 1.86. The monoisotopic (exact) mass is 245 g/mol. The number of amidine groups is 1. The molecule has 0 atom stereocenters. The second-order valence-corrected chi connectivity index (χ2v) is 4.13. The zero-order valence-corrected chi connectivity index (χ0v) is 10.9. The van der Waals surface area contributed by atoms with E-state index in [4.69, 9.17) is 5.41 Å². The molecule has 0 spiro atoms. The predicted octanol–water partition coefficient (Wildman–Crippen LogP) is -0.173. The van der Waals surface area contributed by atoms with Crippen molar-refractivity contribution in [2.24, 2.45) is 4.99 Å². The van der Waals surface area contributed by atoms with Crippen molar-refractivity contribution in [3.05, 3.63) is 53.1 Å². The second-order valence-electron chi connectivity index (χ2n) is 4.13. The normalized spacial score (nSPS) is 18.8. The van der Waals surface area contributed by atoms with Gasteiger partial charge in [-0.2, -0.15) is 0 Å². The molecule has 0 aromatic heterocycles. The van der Waals surface area contributed by atoms with Crippen molar-refractivity contribution in [1.29, 1.82) is 5.41 Å². The molecule has 0 fully saturated rings. The maximum absolute atomic E-state index is 7.46. The van der Waals surface area contributed by atoms with Gasteiger partial charge in [-0.1, -0.05) is 18.2 Å². The van der Waals surface area contributed by atoms with E-state index in [0.717, 1.165) is 22.5 Å². The van der Waals surface area contributed by atoms with Gasteiger partial charge in [0, 0.05) is 23.7 Å². The summed E-state index contributed by atoms with van der Waals surface area (Å²) in [6.07, 6.45) is 5.36. The average Bonchev–Trinajstić information content (AvgIpc) is 2.76. The number of rotatable bonds is 1. The largest absolute Gasteiger partial charge is 1.00 e. The van der Waals surface area contributed by atoms with E-state index < -0.39 is 0 Å². The molecular weight excluding hydrogens is 233 g/mol. The van der Waals surface area contributed by atoms with Crippen LogP contribution in [0.15, 0.2) is 52.7 Å². The van der Waals surface area contributed by atoms with Gasteiger partial charge in [0.05, 0.1) is 0 Å². The van der Waals surface area contributed by atoms with Gasteiger partial charge in [-0.25, -0.2) is 4.99 Å². The van der Waals surface area contributed by atoms with Gasteiger partial charge in [0.15, 0.2) is 0 Å².